The molecule has 0 aliphatic heterocycles. The van der Waals surface area contributed by atoms with Gasteiger partial charge in [-0.15, -0.1) is 0 Å². The van der Waals surface area contributed by atoms with E-state index >= 15 is 0 Å². The number of nitrogens with zero attached hydrogens (tertiary/aromatic N) is 2. The lowest BCUT2D eigenvalue weighted by atomic mass is 10.1. The van der Waals surface area contributed by atoms with Crippen molar-refractivity contribution in [2.45, 2.75) is 26.2 Å². The molecule has 1 heterocycles. The molecule has 1 fully saturated rings. The largest absolute Gasteiger partial charge is 0.396 e. The van der Waals surface area contributed by atoms with Gasteiger partial charge in [0.1, 0.15) is 11.6 Å². The Kier molecular flexibility index (Phi) is 2.39. The van der Waals surface area contributed by atoms with E-state index in [4.69, 9.17) is 10.3 Å². The standard InChI is InChI=1S/C13H13F2N3O/c1-13(2)5-7(13)11-17-12(19-18-11)6-3-10(16)9(15)4-8(6)14/h3-4,7H,5,16H2,1-2H3. The second-order valence-electron chi connectivity index (χ2n) is 5.56. The van der Waals surface area contributed by atoms with Crippen molar-refractivity contribution in [3.05, 3.63) is 29.6 Å². The normalized spacial score (nSPS) is 20.5. The molecule has 0 radical (unpaired) electrons. The zero-order valence-electron chi connectivity index (χ0n) is 10.6. The van der Waals surface area contributed by atoms with Crippen molar-refractivity contribution < 1.29 is 13.3 Å². The number of aromatic nitrogens is 2. The summed E-state index contributed by atoms with van der Waals surface area (Å²) >= 11 is 0. The van der Waals surface area contributed by atoms with Crippen molar-refractivity contribution in [2.75, 3.05) is 5.73 Å². The van der Waals surface area contributed by atoms with Gasteiger partial charge in [-0.3, -0.25) is 0 Å². The van der Waals surface area contributed by atoms with Crippen LogP contribution in [-0.4, -0.2) is 10.1 Å². The number of halogens is 2. The molecule has 3 rings (SSSR count). The van der Waals surface area contributed by atoms with E-state index in [2.05, 4.69) is 24.0 Å². The maximum Gasteiger partial charge on any atom is 0.260 e. The van der Waals surface area contributed by atoms with Gasteiger partial charge in [0.2, 0.25) is 0 Å². The highest BCUT2D eigenvalue weighted by Crippen LogP contribution is 2.57. The molecule has 2 aromatic rings. The molecule has 1 aliphatic rings. The van der Waals surface area contributed by atoms with Gasteiger partial charge in [0.15, 0.2) is 5.82 Å². The lowest BCUT2D eigenvalue weighted by Crippen LogP contribution is -1.95. The molecular formula is C13H13F2N3O. The van der Waals surface area contributed by atoms with Gasteiger partial charge in [0.25, 0.3) is 5.89 Å². The molecule has 1 unspecified atom stereocenters. The molecule has 1 aromatic heterocycles. The van der Waals surface area contributed by atoms with Crippen molar-refractivity contribution in [3.8, 4) is 11.5 Å². The monoisotopic (exact) mass is 265 g/mol. The zero-order chi connectivity index (χ0) is 13.8. The summed E-state index contributed by atoms with van der Waals surface area (Å²) in [5.74, 6) is -0.753. The fourth-order valence-electron chi connectivity index (χ4n) is 2.12. The first kappa shape index (κ1) is 12.1. The maximum atomic E-state index is 13.7. The fourth-order valence-corrected chi connectivity index (χ4v) is 2.12. The van der Waals surface area contributed by atoms with Crippen LogP contribution in [0, 0.1) is 17.0 Å². The van der Waals surface area contributed by atoms with Crippen LogP contribution in [0.2, 0.25) is 0 Å². The predicted molar refractivity (Wildman–Crippen MR) is 65.2 cm³/mol. The third-order valence-corrected chi connectivity index (χ3v) is 3.58. The highest BCUT2D eigenvalue weighted by molar-refractivity contribution is 5.61. The van der Waals surface area contributed by atoms with Crippen LogP contribution in [0.1, 0.15) is 32.0 Å². The van der Waals surface area contributed by atoms with E-state index in [9.17, 15) is 8.78 Å². The Morgan fingerprint density at radius 3 is 2.63 bits per heavy atom. The molecular weight excluding hydrogens is 252 g/mol. The summed E-state index contributed by atoms with van der Waals surface area (Å²) in [5.41, 5.74) is 5.45. The van der Waals surface area contributed by atoms with Crippen LogP contribution >= 0.6 is 0 Å². The molecule has 0 amide bonds. The van der Waals surface area contributed by atoms with E-state index in [1.165, 1.54) is 6.07 Å². The van der Waals surface area contributed by atoms with Crippen molar-refractivity contribution in [1.82, 2.24) is 10.1 Å². The van der Waals surface area contributed by atoms with Crippen LogP contribution in [0.25, 0.3) is 11.5 Å². The number of anilines is 1. The number of hydrogen-bond acceptors (Lipinski definition) is 4. The van der Waals surface area contributed by atoms with Crippen molar-refractivity contribution in [3.63, 3.8) is 0 Å². The van der Waals surface area contributed by atoms with Crippen LogP contribution in [0.5, 0.6) is 0 Å². The summed E-state index contributed by atoms with van der Waals surface area (Å²) < 4.78 is 31.8. The predicted octanol–water partition coefficient (Wildman–Crippen LogP) is 3.11. The highest BCUT2D eigenvalue weighted by Gasteiger charge is 2.49. The Morgan fingerprint density at radius 1 is 1.32 bits per heavy atom. The van der Waals surface area contributed by atoms with Crippen LogP contribution in [0.4, 0.5) is 14.5 Å². The van der Waals surface area contributed by atoms with Gasteiger partial charge >= 0.3 is 0 Å². The van der Waals surface area contributed by atoms with E-state index in [0.717, 1.165) is 12.5 Å². The van der Waals surface area contributed by atoms with Crippen LogP contribution in [-0.2, 0) is 0 Å². The van der Waals surface area contributed by atoms with E-state index in [-0.39, 0.29) is 28.5 Å². The van der Waals surface area contributed by atoms with Crippen molar-refractivity contribution >= 4 is 5.69 Å². The van der Waals surface area contributed by atoms with Gasteiger partial charge in [0.05, 0.1) is 11.3 Å². The third-order valence-electron chi connectivity index (χ3n) is 3.58. The Hall–Kier alpha value is -1.98. The zero-order valence-corrected chi connectivity index (χ0v) is 10.6. The molecule has 1 atom stereocenters. The molecule has 0 saturated heterocycles. The number of rotatable bonds is 2. The second-order valence-corrected chi connectivity index (χ2v) is 5.56. The molecule has 0 bridgehead atoms. The van der Waals surface area contributed by atoms with E-state index < -0.39 is 11.6 Å². The van der Waals surface area contributed by atoms with Gasteiger partial charge < -0.3 is 10.3 Å². The molecule has 1 aliphatic carbocycles. The lowest BCUT2D eigenvalue weighted by Gasteiger charge is -2.00. The van der Waals surface area contributed by atoms with Gasteiger partial charge in [-0.25, -0.2) is 8.78 Å². The summed E-state index contributed by atoms with van der Waals surface area (Å²) in [6, 6.07) is 1.88. The van der Waals surface area contributed by atoms with Gasteiger partial charge in [0, 0.05) is 12.0 Å². The summed E-state index contributed by atoms with van der Waals surface area (Å²) in [5, 5.41) is 3.86. The molecule has 100 valence electrons. The Balaban J connectivity index is 1.97. The van der Waals surface area contributed by atoms with Gasteiger partial charge in [-0.1, -0.05) is 19.0 Å². The Morgan fingerprint density at radius 2 is 2.00 bits per heavy atom. The highest BCUT2D eigenvalue weighted by atomic mass is 19.1. The molecule has 2 N–H and O–H groups in total. The Bertz CT molecular complexity index is 651. The van der Waals surface area contributed by atoms with Crippen LogP contribution < -0.4 is 5.73 Å². The molecule has 1 aromatic carbocycles. The SMILES string of the molecule is CC1(C)CC1c1noc(-c2cc(N)c(F)cc2F)n1. The van der Waals surface area contributed by atoms with Crippen molar-refractivity contribution in [1.29, 1.82) is 0 Å². The summed E-state index contributed by atoms with van der Waals surface area (Å²) in [6.07, 6.45) is 0.972. The van der Waals surface area contributed by atoms with E-state index in [1.54, 1.807) is 0 Å². The first-order valence-electron chi connectivity index (χ1n) is 5.97. The summed E-state index contributed by atoms with van der Waals surface area (Å²) in [4.78, 5) is 4.17. The minimum absolute atomic E-state index is 0.0242. The Labute approximate surface area is 108 Å². The maximum absolute atomic E-state index is 13.7. The minimum atomic E-state index is -0.802. The number of benzene rings is 1. The summed E-state index contributed by atoms with van der Waals surface area (Å²) in [7, 11) is 0. The van der Waals surface area contributed by atoms with Crippen LogP contribution in [0.15, 0.2) is 16.7 Å². The molecule has 6 heteroatoms. The third kappa shape index (κ3) is 1.97. The minimum Gasteiger partial charge on any atom is -0.396 e. The average Bonchev–Trinajstić information content (AvgIpc) is 2.76. The van der Waals surface area contributed by atoms with Crippen LogP contribution in [0.3, 0.4) is 0 Å². The van der Waals surface area contributed by atoms with E-state index in [1.807, 2.05) is 0 Å². The smallest absolute Gasteiger partial charge is 0.260 e. The molecule has 1 saturated carbocycles. The topological polar surface area (TPSA) is 64.9 Å². The first-order chi connectivity index (χ1) is 8.88. The summed E-state index contributed by atoms with van der Waals surface area (Å²) in [6.45, 7) is 4.20. The quantitative estimate of drug-likeness (QED) is 0.847. The van der Waals surface area contributed by atoms with Gasteiger partial charge in [-0.2, -0.15) is 4.98 Å². The fraction of sp³-hybridized carbons (Fsp3) is 0.385. The molecule has 19 heavy (non-hydrogen) atoms. The van der Waals surface area contributed by atoms with Gasteiger partial charge in [-0.05, 0) is 17.9 Å². The van der Waals surface area contributed by atoms with E-state index in [0.29, 0.717) is 5.82 Å². The second kappa shape index (κ2) is 3.76. The number of nitrogen functional groups attached to an aromatic ring is 1. The first-order valence-corrected chi connectivity index (χ1v) is 5.97. The number of hydrogen-bond donors (Lipinski definition) is 1. The lowest BCUT2D eigenvalue weighted by molar-refractivity contribution is 0.417. The average molecular weight is 265 g/mol. The van der Waals surface area contributed by atoms with Crippen molar-refractivity contribution in [2.24, 2.45) is 5.41 Å². The molecule has 0 spiro atoms. The number of nitrogens with two attached hydrogens (primary N) is 1. The molecule has 4 nitrogen and oxygen atoms in total.